The molecule has 10 heteroatoms. The highest BCUT2D eigenvalue weighted by atomic mass is 79.9. The number of hydrogen-bond acceptors (Lipinski definition) is 5. The third kappa shape index (κ3) is 4.24. The molecule has 3 rings (SSSR count). The second-order valence-electron chi connectivity index (χ2n) is 6.91. The summed E-state index contributed by atoms with van der Waals surface area (Å²) in [5, 5.41) is 2.81. The maximum absolute atomic E-state index is 13.2. The van der Waals surface area contributed by atoms with Crippen LogP contribution in [0.25, 0.3) is 0 Å². The molecule has 1 aromatic heterocycles. The van der Waals surface area contributed by atoms with Crippen molar-refractivity contribution in [1.82, 2.24) is 8.87 Å². The van der Waals surface area contributed by atoms with E-state index in [1.54, 1.807) is 13.1 Å². The quantitative estimate of drug-likeness (QED) is 0.659. The fourth-order valence-electron chi connectivity index (χ4n) is 3.35. The first-order chi connectivity index (χ1) is 13.6. The van der Waals surface area contributed by atoms with Gasteiger partial charge in [0.2, 0.25) is 15.9 Å². The Morgan fingerprint density at radius 2 is 2.00 bits per heavy atom. The summed E-state index contributed by atoms with van der Waals surface area (Å²) in [6.45, 7) is 2.17. The molecule has 0 radical (unpaired) electrons. The molecule has 1 saturated heterocycles. The van der Waals surface area contributed by atoms with Crippen molar-refractivity contribution in [3.05, 3.63) is 46.2 Å². The van der Waals surface area contributed by atoms with Crippen LogP contribution in [0.1, 0.15) is 28.9 Å². The number of ether oxygens (including phenoxy) is 1. The van der Waals surface area contributed by atoms with E-state index in [-0.39, 0.29) is 23.0 Å². The Hall–Kier alpha value is -2.17. The monoisotopic (exact) mass is 483 g/mol. The first kappa shape index (κ1) is 21.5. The van der Waals surface area contributed by atoms with Crippen LogP contribution in [-0.4, -0.2) is 48.9 Å². The molecule has 1 N–H and O–H groups in total. The van der Waals surface area contributed by atoms with Gasteiger partial charge in [-0.3, -0.25) is 4.79 Å². The Labute approximate surface area is 178 Å². The summed E-state index contributed by atoms with van der Waals surface area (Å²) in [6, 6.07) is 5.95. The van der Waals surface area contributed by atoms with Crippen molar-refractivity contribution < 1.29 is 22.7 Å². The second-order valence-corrected chi connectivity index (χ2v) is 9.65. The molecule has 29 heavy (non-hydrogen) atoms. The number of amides is 1. The van der Waals surface area contributed by atoms with Crippen molar-refractivity contribution in [2.75, 3.05) is 19.0 Å². The van der Waals surface area contributed by atoms with Gasteiger partial charge in [0.05, 0.1) is 12.8 Å². The predicted octanol–water partition coefficient (Wildman–Crippen LogP) is 2.67. The molecule has 0 bridgehead atoms. The zero-order chi connectivity index (χ0) is 21.3. The van der Waals surface area contributed by atoms with E-state index in [2.05, 4.69) is 26.0 Å². The van der Waals surface area contributed by atoms with Crippen LogP contribution >= 0.6 is 15.9 Å². The van der Waals surface area contributed by atoms with Gasteiger partial charge in [0.25, 0.3) is 0 Å². The number of hydrogen-bond donors (Lipinski definition) is 1. The van der Waals surface area contributed by atoms with Gasteiger partial charge in [0.1, 0.15) is 16.6 Å². The van der Waals surface area contributed by atoms with Crippen molar-refractivity contribution in [3.8, 4) is 0 Å². The van der Waals surface area contributed by atoms with E-state index in [9.17, 15) is 18.0 Å². The van der Waals surface area contributed by atoms with Gasteiger partial charge in [0.15, 0.2) is 0 Å². The zero-order valence-electron chi connectivity index (χ0n) is 16.3. The summed E-state index contributed by atoms with van der Waals surface area (Å²) in [5.74, 6) is -1.02. The normalized spacial score (nSPS) is 17.3. The molecule has 8 nitrogen and oxygen atoms in total. The highest BCUT2D eigenvalue weighted by molar-refractivity contribution is 9.10. The van der Waals surface area contributed by atoms with Gasteiger partial charge in [-0.15, -0.1) is 0 Å². The Balaban J connectivity index is 1.85. The number of carbonyl (C=O) groups excluding carboxylic acids is 2. The number of esters is 1. The number of sulfonamides is 1. The molecule has 0 unspecified atom stereocenters. The maximum atomic E-state index is 13.2. The fraction of sp³-hybridized carbons (Fsp3) is 0.368. The minimum Gasteiger partial charge on any atom is -0.464 e. The first-order valence-corrected chi connectivity index (χ1v) is 11.2. The topological polar surface area (TPSA) is 97.7 Å². The summed E-state index contributed by atoms with van der Waals surface area (Å²) in [6.07, 6.45) is 2.35. The van der Waals surface area contributed by atoms with Crippen molar-refractivity contribution in [2.45, 2.75) is 30.7 Å². The minimum absolute atomic E-state index is 0.0448. The minimum atomic E-state index is -3.95. The van der Waals surface area contributed by atoms with E-state index < -0.39 is 22.0 Å². The van der Waals surface area contributed by atoms with Gasteiger partial charge in [0, 0.05) is 24.3 Å². The van der Waals surface area contributed by atoms with E-state index in [0.717, 1.165) is 10.0 Å². The van der Waals surface area contributed by atoms with Crippen LogP contribution in [0.5, 0.6) is 0 Å². The molecule has 1 fully saturated rings. The van der Waals surface area contributed by atoms with Gasteiger partial charge in [-0.05, 0) is 59.5 Å². The van der Waals surface area contributed by atoms with E-state index in [1.165, 1.54) is 28.2 Å². The average Bonchev–Trinajstić information content (AvgIpc) is 3.31. The predicted molar refractivity (Wildman–Crippen MR) is 111 cm³/mol. The van der Waals surface area contributed by atoms with Gasteiger partial charge in [-0.1, -0.05) is 6.07 Å². The first-order valence-electron chi connectivity index (χ1n) is 8.98. The third-order valence-electron chi connectivity index (χ3n) is 4.87. The maximum Gasteiger partial charge on any atom is 0.354 e. The zero-order valence-corrected chi connectivity index (χ0v) is 18.7. The van der Waals surface area contributed by atoms with Gasteiger partial charge in [-0.25, -0.2) is 13.2 Å². The average molecular weight is 484 g/mol. The molecular weight excluding hydrogens is 462 g/mol. The molecule has 1 aliphatic heterocycles. The summed E-state index contributed by atoms with van der Waals surface area (Å²) < 4.78 is 34.3. The van der Waals surface area contributed by atoms with Crippen molar-refractivity contribution >= 4 is 43.5 Å². The molecule has 0 spiro atoms. The van der Waals surface area contributed by atoms with Crippen molar-refractivity contribution in [2.24, 2.45) is 7.05 Å². The lowest BCUT2D eigenvalue weighted by molar-refractivity contribution is -0.119. The lowest BCUT2D eigenvalue weighted by Gasteiger charge is -2.23. The van der Waals surface area contributed by atoms with Gasteiger partial charge < -0.3 is 14.6 Å². The summed E-state index contributed by atoms with van der Waals surface area (Å²) in [5.41, 5.74) is 1.73. The van der Waals surface area contributed by atoms with E-state index in [4.69, 9.17) is 0 Å². The number of carbonyl (C=O) groups is 2. The lowest BCUT2D eigenvalue weighted by Crippen LogP contribution is -2.43. The SMILES string of the molecule is COC(=O)c1cc(S(=O)(=O)N2CCC[C@H]2C(=O)Nc2ccc(C)cc2Br)cn1C. The summed E-state index contributed by atoms with van der Waals surface area (Å²) in [7, 11) is -1.16. The van der Waals surface area contributed by atoms with E-state index >= 15 is 0 Å². The van der Waals surface area contributed by atoms with Gasteiger partial charge in [-0.2, -0.15) is 4.31 Å². The van der Waals surface area contributed by atoms with Crippen LogP contribution in [0.4, 0.5) is 5.69 Å². The molecule has 1 aromatic carbocycles. The Morgan fingerprint density at radius 3 is 2.66 bits per heavy atom. The molecule has 2 heterocycles. The highest BCUT2D eigenvalue weighted by Gasteiger charge is 2.40. The number of aromatic nitrogens is 1. The number of rotatable bonds is 5. The van der Waals surface area contributed by atoms with Crippen LogP contribution < -0.4 is 5.32 Å². The number of aryl methyl sites for hydroxylation is 2. The molecule has 1 atom stereocenters. The van der Waals surface area contributed by atoms with Crippen molar-refractivity contribution in [1.29, 1.82) is 0 Å². The largest absolute Gasteiger partial charge is 0.464 e. The number of nitrogens with zero attached hydrogens (tertiary/aromatic N) is 2. The molecule has 1 amide bonds. The number of anilines is 1. The van der Waals surface area contributed by atoms with Gasteiger partial charge >= 0.3 is 5.97 Å². The fourth-order valence-corrected chi connectivity index (χ4v) is 5.67. The molecular formula is C19H22BrN3O5S. The molecule has 156 valence electrons. The molecule has 0 saturated carbocycles. The van der Waals surface area contributed by atoms with Crippen LogP contribution in [0.15, 0.2) is 39.8 Å². The van der Waals surface area contributed by atoms with Crippen LogP contribution in [-0.2, 0) is 26.6 Å². The third-order valence-corrected chi connectivity index (χ3v) is 7.40. The molecule has 0 aliphatic carbocycles. The van der Waals surface area contributed by atoms with E-state index in [0.29, 0.717) is 18.5 Å². The Bertz CT molecular complexity index is 1060. The Kier molecular flexibility index (Phi) is 6.16. The summed E-state index contributed by atoms with van der Waals surface area (Å²) in [4.78, 5) is 24.6. The number of nitrogens with one attached hydrogen (secondary N) is 1. The van der Waals surface area contributed by atoms with E-state index in [1.807, 2.05) is 19.1 Å². The lowest BCUT2D eigenvalue weighted by atomic mass is 10.2. The standard InChI is InChI=1S/C19H22BrN3O5S/c1-12-6-7-15(14(20)9-12)21-18(24)16-5-4-8-23(16)29(26,27)13-10-17(19(25)28-3)22(2)11-13/h6-7,9-11,16H,4-5,8H2,1-3H3,(H,21,24)/t16-/m0/s1. The van der Waals surface area contributed by atoms with Crippen LogP contribution in [0, 0.1) is 6.92 Å². The molecule has 1 aliphatic rings. The van der Waals surface area contributed by atoms with Crippen molar-refractivity contribution in [3.63, 3.8) is 0 Å². The number of methoxy groups -OCH3 is 1. The van der Waals surface area contributed by atoms with Crippen LogP contribution in [0.3, 0.4) is 0 Å². The second kappa shape index (κ2) is 8.29. The Morgan fingerprint density at radius 1 is 1.28 bits per heavy atom. The van der Waals surface area contributed by atoms with Crippen LogP contribution in [0.2, 0.25) is 0 Å². The summed E-state index contributed by atoms with van der Waals surface area (Å²) >= 11 is 3.41. The molecule has 2 aromatic rings. The number of halogens is 1. The number of benzene rings is 1. The highest BCUT2D eigenvalue weighted by Crippen LogP contribution is 2.29. The smallest absolute Gasteiger partial charge is 0.354 e.